The predicted octanol–water partition coefficient (Wildman–Crippen LogP) is 2.69. The second-order valence-electron chi connectivity index (χ2n) is 3.39. The highest BCUT2D eigenvalue weighted by molar-refractivity contribution is 7.12. The van der Waals surface area contributed by atoms with Gasteiger partial charge in [-0.25, -0.2) is 0 Å². The van der Waals surface area contributed by atoms with Crippen molar-refractivity contribution in [3.63, 3.8) is 0 Å². The summed E-state index contributed by atoms with van der Waals surface area (Å²) in [6.07, 6.45) is 4.72. The Hall–Kier alpha value is -0.600. The summed E-state index contributed by atoms with van der Waals surface area (Å²) in [7, 11) is 0. The summed E-state index contributed by atoms with van der Waals surface area (Å²) >= 11 is 1.92. The van der Waals surface area contributed by atoms with Crippen molar-refractivity contribution in [2.75, 3.05) is 13.1 Å². The van der Waals surface area contributed by atoms with Crippen molar-refractivity contribution in [3.8, 4) is 0 Å². The van der Waals surface area contributed by atoms with Crippen molar-refractivity contribution in [1.29, 1.82) is 0 Å². The molecular weight excluding hydrogens is 178 g/mol. The molecule has 1 fully saturated rings. The summed E-state index contributed by atoms with van der Waals surface area (Å²) < 4.78 is 0. The van der Waals surface area contributed by atoms with Crippen molar-refractivity contribution in [2.24, 2.45) is 0 Å². The van der Waals surface area contributed by atoms with Crippen molar-refractivity contribution < 1.29 is 0 Å². The monoisotopic (exact) mass is 193 g/mol. The fourth-order valence-electron chi connectivity index (χ4n) is 1.57. The molecule has 0 bridgehead atoms. The first-order valence-electron chi connectivity index (χ1n) is 4.87. The molecule has 13 heavy (non-hydrogen) atoms. The van der Waals surface area contributed by atoms with Gasteiger partial charge in [-0.1, -0.05) is 12.5 Å². The number of thiophene rings is 1. The van der Waals surface area contributed by atoms with Gasteiger partial charge >= 0.3 is 0 Å². The standard InChI is InChI=1S/C11H15NS/c1-2-10-3-4-11(13-10)7-9-5-6-12-8-9/h3-4,7,12H,2,5-6,8H2,1H3. The zero-order chi connectivity index (χ0) is 9.10. The maximum atomic E-state index is 3.35. The second-order valence-corrected chi connectivity index (χ2v) is 4.59. The van der Waals surface area contributed by atoms with Crippen molar-refractivity contribution >= 4 is 17.4 Å². The van der Waals surface area contributed by atoms with Gasteiger partial charge < -0.3 is 5.32 Å². The molecule has 2 heteroatoms. The lowest BCUT2D eigenvalue weighted by atomic mass is 10.2. The molecule has 0 aliphatic carbocycles. The Labute approximate surface area is 83.5 Å². The third-order valence-electron chi connectivity index (χ3n) is 2.35. The first kappa shape index (κ1) is 8.97. The highest BCUT2D eigenvalue weighted by Crippen LogP contribution is 2.21. The van der Waals surface area contributed by atoms with Crippen molar-refractivity contribution in [3.05, 3.63) is 27.5 Å². The zero-order valence-corrected chi connectivity index (χ0v) is 8.79. The molecule has 1 saturated heterocycles. The lowest BCUT2D eigenvalue weighted by Gasteiger charge is -1.91. The van der Waals surface area contributed by atoms with Gasteiger partial charge in [0, 0.05) is 16.3 Å². The molecule has 1 aliphatic heterocycles. The van der Waals surface area contributed by atoms with Crippen LogP contribution in [0.3, 0.4) is 0 Å². The van der Waals surface area contributed by atoms with Crippen LogP contribution in [0.15, 0.2) is 17.7 Å². The van der Waals surface area contributed by atoms with E-state index in [2.05, 4.69) is 30.4 Å². The average Bonchev–Trinajstić information content (AvgIpc) is 2.76. The largest absolute Gasteiger partial charge is 0.313 e. The topological polar surface area (TPSA) is 12.0 Å². The maximum Gasteiger partial charge on any atom is 0.0273 e. The smallest absolute Gasteiger partial charge is 0.0273 e. The van der Waals surface area contributed by atoms with E-state index in [-0.39, 0.29) is 0 Å². The van der Waals surface area contributed by atoms with E-state index in [4.69, 9.17) is 0 Å². The molecule has 0 saturated carbocycles. The van der Waals surface area contributed by atoms with Gasteiger partial charge in [-0.2, -0.15) is 0 Å². The van der Waals surface area contributed by atoms with E-state index in [0.29, 0.717) is 0 Å². The Morgan fingerprint density at radius 1 is 1.54 bits per heavy atom. The number of nitrogens with one attached hydrogen (secondary N) is 1. The molecule has 0 radical (unpaired) electrons. The van der Waals surface area contributed by atoms with Crippen molar-refractivity contribution in [1.82, 2.24) is 5.32 Å². The minimum Gasteiger partial charge on any atom is -0.313 e. The third kappa shape index (κ3) is 2.20. The molecule has 2 heterocycles. The minimum absolute atomic E-state index is 1.08. The van der Waals surface area contributed by atoms with Crippen LogP contribution in [0.4, 0.5) is 0 Å². The van der Waals surface area contributed by atoms with Gasteiger partial charge in [-0.05, 0) is 37.6 Å². The first-order chi connectivity index (χ1) is 6.38. The third-order valence-corrected chi connectivity index (χ3v) is 3.53. The van der Waals surface area contributed by atoms with E-state index < -0.39 is 0 Å². The van der Waals surface area contributed by atoms with E-state index in [1.54, 1.807) is 5.57 Å². The molecule has 0 spiro atoms. The summed E-state index contributed by atoms with van der Waals surface area (Å²) in [5, 5.41) is 3.35. The molecular formula is C11H15NS. The molecule has 0 unspecified atom stereocenters. The highest BCUT2D eigenvalue weighted by Gasteiger charge is 2.05. The van der Waals surface area contributed by atoms with Crippen LogP contribution in [0, 0.1) is 0 Å². The van der Waals surface area contributed by atoms with Crippen LogP contribution in [-0.2, 0) is 6.42 Å². The van der Waals surface area contributed by atoms with E-state index in [1.807, 2.05) is 11.3 Å². The molecule has 0 aromatic carbocycles. The first-order valence-corrected chi connectivity index (χ1v) is 5.69. The summed E-state index contributed by atoms with van der Waals surface area (Å²) in [5.41, 5.74) is 1.55. The Bertz CT molecular complexity index is 304. The molecule has 1 aromatic heterocycles. The average molecular weight is 193 g/mol. The molecule has 0 amide bonds. The van der Waals surface area contributed by atoms with Crippen LogP contribution in [0.5, 0.6) is 0 Å². The quantitative estimate of drug-likeness (QED) is 0.761. The number of hydrogen-bond donors (Lipinski definition) is 1. The van der Waals surface area contributed by atoms with Gasteiger partial charge in [0.25, 0.3) is 0 Å². The Kier molecular flexibility index (Phi) is 2.81. The van der Waals surface area contributed by atoms with Crippen LogP contribution in [0.25, 0.3) is 6.08 Å². The molecule has 1 nitrogen and oxygen atoms in total. The summed E-state index contributed by atoms with van der Waals surface area (Å²) in [6.45, 7) is 4.44. The van der Waals surface area contributed by atoms with Crippen LogP contribution < -0.4 is 5.32 Å². The lowest BCUT2D eigenvalue weighted by Crippen LogP contribution is -2.04. The summed E-state index contributed by atoms with van der Waals surface area (Å²) in [4.78, 5) is 2.90. The van der Waals surface area contributed by atoms with Gasteiger partial charge in [0.2, 0.25) is 0 Å². The predicted molar refractivity (Wildman–Crippen MR) is 59.2 cm³/mol. The SMILES string of the molecule is CCc1ccc(C=C2CCNC2)s1. The Morgan fingerprint density at radius 2 is 2.46 bits per heavy atom. The van der Waals surface area contributed by atoms with Gasteiger partial charge in [0.05, 0.1) is 0 Å². The van der Waals surface area contributed by atoms with E-state index >= 15 is 0 Å². The Morgan fingerprint density at radius 3 is 3.08 bits per heavy atom. The lowest BCUT2D eigenvalue weighted by molar-refractivity contribution is 0.862. The molecule has 1 aromatic rings. The van der Waals surface area contributed by atoms with Gasteiger partial charge in [0.15, 0.2) is 0 Å². The van der Waals surface area contributed by atoms with Gasteiger partial charge in [-0.3, -0.25) is 0 Å². The molecule has 1 aliphatic rings. The van der Waals surface area contributed by atoms with Crippen LogP contribution >= 0.6 is 11.3 Å². The fourth-order valence-corrected chi connectivity index (χ4v) is 2.52. The van der Waals surface area contributed by atoms with Crippen LogP contribution in [0.2, 0.25) is 0 Å². The second kappa shape index (κ2) is 4.07. The van der Waals surface area contributed by atoms with Crippen LogP contribution in [0.1, 0.15) is 23.1 Å². The number of aryl methyl sites for hydroxylation is 1. The van der Waals surface area contributed by atoms with E-state index in [1.165, 1.54) is 16.2 Å². The van der Waals surface area contributed by atoms with E-state index in [0.717, 1.165) is 19.5 Å². The zero-order valence-electron chi connectivity index (χ0n) is 7.97. The molecule has 0 atom stereocenters. The Balaban J connectivity index is 2.11. The summed E-state index contributed by atoms with van der Waals surface area (Å²) in [6, 6.07) is 4.47. The maximum absolute atomic E-state index is 3.35. The number of hydrogen-bond acceptors (Lipinski definition) is 2. The van der Waals surface area contributed by atoms with Crippen LogP contribution in [-0.4, -0.2) is 13.1 Å². The highest BCUT2D eigenvalue weighted by atomic mass is 32.1. The summed E-state index contributed by atoms with van der Waals surface area (Å²) in [5.74, 6) is 0. The molecule has 2 rings (SSSR count). The number of rotatable bonds is 2. The van der Waals surface area contributed by atoms with E-state index in [9.17, 15) is 0 Å². The van der Waals surface area contributed by atoms with Gasteiger partial charge in [0.1, 0.15) is 0 Å². The minimum atomic E-state index is 1.08. The molecule has 1 N–H and O–H groups in total. The molecule has 70 valence electrons. The fraction of sp³-hybridized carbons (Fsp3) is 0.455. The normalized spacial score (nSPS) is 19.9. The van der Waals surface area contributed by atoms with Crippen molar-refractivity contribution in [2.45, 2.75) is 19.8 Å². The van der Waals surface area contributed by atoms with Gasteiger partial charge in [-0.15, -0.1) is 11.3 Å².